The molecule has 170 valence electrons. The number of morpholine rings is 1. The van der Waals surface area contributed by atoms with E-state index >= 15 is 0 Å². The van der Waals surface area contributed by atoms with Crippen LogP contribution < -0.4 is 15.4 Å². The second kappa shape index (κ2) is 11.9. The number of pyridine rings is 1. The molecule has 0 aromatic carbocycles. The highest BCUT2D eigenvalue weighted by atomic mass is 19.4. The van der Waals surface area contributed by atoms with Crippen LogP contribution in [0.25, 0.3) is 0 Å². The zero-order valence-electron chi connectivity index (χ0n) is 17.8. The Morgan fingerprint density at radius 1 is 1.30 bits per heavy atom. The fourth-order valence-corrected chi connectivity index (χ4v) is 3.23. The molecule has 1 saturated heterocycles. The number of halogens is 3. The number of nitrogens with one attached hydrogen (secondary N) is 2. The predicted octanol–water partition coefficient (Wildman–Crippen LogP) is 2.43. The summed E-state index contributed by atoms with van der Waals surface area (Å²) in [7, 11) is 0. The third-order valence-electron chi connectivity index (χ3n) is 4.74. The lowest BCUT2D eigenvalue weighted by Gasteiger charge is -2.37. The highest BCUT2D eigenvalue weighted by Crippen LogP contribution is 2.20. The van der Waals surface area contributed by atoms with E-state index in [0.29, 0.717) is 36.6 Å². The number of nitrogens with zero attached hydrogens (tertiary/aromatic N) is 3. The van der Waals surface area contributed by atoms with Crippen molar-refractivity contribution in [3.8, 4) is 5.88 Å². The number of hydrogen-bond donors (Lipinski definition) is 2. The van der Waals surface area contributed by atoms with Crippen molar-refractivity contribution >= 4 is 5.96 Å². The third kappa shape index (κ3) is 8.35. The maximum atomic E-state index is 12.5. The molecule has 0 bridgehead atoms. The van der Waals surface area contributed by atoms with Gasteiger partial charge in [-0.25, -0.2) is 9.98 Å². The lowest BCUT2D eigenvalue weighted by molar-refractivity contribution is -0.154. The van der Waals surface area contributed by atoms with Crippen molar-refractivity contribution in [3.05, 3.63) is 23.9 Å². The van der Waals surface area contributed by atoms with Gasteiger partial charge in [0.15, 0.2) is 12.6 Å². The molecule has 0 amide bonds. The Kier molecular flexibility index (Phi) is 9.64. The van der Waals surface area contributed by atoms with Gasteiger partial charge in [-0.2, -0.15) is 13.2 Å². The van der Waals surface area contributed by atoms with E-state index in [-0.39, 0.29) is 12.4 Å². The van der Waals surface area contributed by atoms with Gasteiger partial charge in [0.1, 0.15) is 0 Å². The summed E-state index contributed by atoms with van der Waals surface area (Å²) in [5.41, 5.74) is 0.493. The predicted molar refractivity (Wildman–Crippen MR) is 110 cm³/mol. The van der Waals surface area contributed by atoms with Crippen molar-refractivity contribution in [2.24, 2.45) is 10.9 Å². The molecule has 2 N–H and O–H groups in total. The van der Waals surface area contributed by atoms with Gasteiger partial charge in [0.05, 0.1) is 19.8 Å². The van der Waals surface area contributed by atoms with Crippen LogP contribution in [0.3, 0.4) is 0 Å². The highest BCUT2D eigenvalue weighted by Gasteiger charge is 2.29. The van der Waals surface area contributed by atoms with Crippen molar-refractivity contribution in [1.82, 2.24) is 20.5 Å². The molecule has 1 aromatic heterocycles. The Hall–Kier alpha value is -2.07. The van der Waals surface area contributed by atoms with E-state index in [1.54, 1.807) is 12.1 Å². The lowest BCUT2D eigenvalue weighted by Crippen LogP contribution is -2.52. The van der Waals surface area contributed by atoms with Crippen LogP contribution >= 0.6 is 0 Å². The van der Waals surface area contributed by atoms with E-state index in [2.05, 4.69) is 39.4 Å². The quantitative estimate of drug-likeness (QED) is 0.462. The average Bonchev–Trinajstić information content (AvgIpc) is 2.71. The SMILES string of the molecule is CCNC(=NCc1cccnc1OCC(F)(F)F)NCC(C(C)C)N1CCOCC1. The van der Waals surface area contributed by atoms with E-state index in [0.717, 1.165) is 26.3 Å². The van der Waals surface area contributed by atoms with Gasteiger partial charge in [-0.3, -0.25) is 4.90 Å². The molecule has 0 saturated carbocycles. The third-order valence-corrected chi connectivity index (χ3v) is 4.74. The summed E-state index contributed by atoms with van der Waals surface area (Å²) in [4.78, 5) is 10.8. The molecule has 1 aliphatic heterocycles. The Labute approximate surface area is 176 Å². The maximum absolute atomic E-state index is 12.5. The second-order valence-corrected chi connectivity index (χ2v) is 7.41. The van der Waals surface area contributed by atoms with E-state index in [9.17, 15) is 13.2 Å². The van der Waals surface area contributed by atoms with Crippen LogP contribution in [-0.2, 0) is 11.3 Å². The zero-order valence-corrected chi connectivity index (χ0v) is 17.8. The molecule has 30 heavy (non-hydrogen) atoms. The first-order valence-electron chi connectivity index (χ1n) is 10.3. The van der Waals surface area contributed by atoms with Gasteiger partial charge in [0.2, 0.25) is 5.88 Å². The number of alkyl halides is 3. The Morgan fingerprint density at radius 2 is 2.03 bits per heavy atom. The Bertz CT molecular complexity index is 664. The van der Waals surface area contributed by atoms with E-state index in [1.807, 2.05) is 6.92 Å². The number of ether oxygens (including phenoxy) is 2. The molecule has 0 spiro atoms. The van der Waals surface area contributed by atoms with Gasteiger partial charge < -0.3 is 20.1 Å². The number of hydrogen-bond acceptors (Lipinski definition) is 5. The molecule has 1 aliphatic rings. The van der Waals surface area contributed by atoms with Crippen LogP contribution in [0.2, 0.25) is 0 Å². The molecule has 2 rings (SSSR count). The van der Waals surface area contributed by atoms with E-state index in [1.165, 1.54) is 6.20 Å². The van der Waals surface area contributed by atoms with Crippen molar-refractivity contribution in [3.63, 3.8) is 0 Å². The number of rotatable bonds is 9. The number of aromatic nitrogens is 1. The van der Waals surface area contributed by atoms with E-state index in [4.69, 9.17) is 9.47 Å². The minimum Gasteiger partial charge on any atom is -0.468 e. The molecule has 0 radical (unpaired) electrons. The molecule has 1 aromatic rings. The van der Waals surface area contributed by atoms with Crippen molar-refractivity contribution in [2.75, 3.05) is 46.0 Å². The van der Waals surface area contributed by atoms with Gasteiger partial charge >= 0.3 is 6.18 Å². The first kappa shape index (κ1) is 24.2. The van der Waals surface area contributed by atoms with Gasteiger partial charge in [0, 0.05) is 44.0 Å². The molecule has 1 fully saturated rings. The summed E-state index contributed by atoms with van der Waals surface area (Å²) in [6, 6.07) is 3.64. The van der Waals surface area contributed by atoms with Crippen molar-refractivity contribution in [2.45, 2.75) is 39.5 Å². The van der Waals surface area contributed by atoms with E-state index < -0.39 is 12.8 Å². The van der Waals surface area contributed by atoms with Crippen LogP contribution in [0.5, 0.6) is 5.88 Å². The maximum Gasteiger partial charge on any atom is 0.422 e. The summed E-state index contributed by atoms with van der Waals surface area (Å²) in [6.45, 7) is 9.74. The summed E-state index contributed by atoms with van der Waals surface area (Å²) >= 11 is 0. The molecule has 1 atom stereocenters. The first-order chi connectivity index (χ1) is 14.3. The fourth-order valence-electron chi connectivity index (χ4n) is 3.23. The Morgan fingerprint density at radius 3 is 2.67 bits per heavy atom. The molecular weight excluding hydrogens is 399 g/mol. The van der Waals surface area contributed by atoms with Crippen LogP contribution in [0.4, 0.5) is 13.2 Å². The molecule has 7 nitrogen and oxygen atoms in total. The molecule has 2 heterocycles. The summed E-state index contributed by atoms with van der Waals surface area (Å²) in [5.74, 6) is 0.990. The van der Waals surface area contributed by atoms with Crippen molar-refractivity contribution in [1.29, 1.82) is 0 Å². The normalized spacial score (nSPS) is 17.1. The van der Waals surface area contributed by atoms with Crippen LogP contribution in [0.1, 0.15) is 26.3 Å². The van der Waals surface area contributed by atoms with Crippen LogP contribution in [0, 0.1) is 5.92 Å². The number of guanidine groups is 1. The largest absolute Gasteiger partial charge is 0.468 e. The van der Waals surface area contributed by atoms with Gasteiger partial charge in [-0.15, -0.1) is 0 Å². The minimum atomic E-state index is -4.42. The van der Waals surface area contributed by atoms with Gasteiger partial charge in [-0.1, -0.05) is 19.9 Å². The van der Waals surface area contributed by atoms with Crippen LogP contribution in [0.15, 0.2) is 23.3 Å². The monoisotopic (exact) mass is 431 g/mol. The molecule has 0 aliphatic carbocycles. The summed E-state index contributed by atoms with van der Waals surface area (Å²) < 4.78 is 47.7. The highest BCUT2D eigenvalue weighted by molar-refractivity contribution is 5.79. The standard InChI is InChI=1S/C20H32F3N5O2/c1-4-24-19(27-13-17(15(2)3)28-8-10-29-11-9-28)26-12-16-6-5-7-25-18(16)30-14-20(21,22)23/h5-7,15,17H,4,8-14H2,1-3H3,(H2,24,26,27). The lowest BCUT2D eigenvalue weighted by atomic mass is 10.0. The smallest absolute Gasteiger partial charge is 0.422 e. The Balaban J connectivity index is 2.01. The zero-order chi connectivity index (χ0) is 22.0. The molecule has 10 heteroatoms. The first-order valence-corrected chi connectivity index (χ1v) is 10.3. The summed E-state index contributed by atoms with van der Waals surface area (Å²) in [5, 5.41) is 6.54. The van der Waals surface area contributed by atoms with Gasteiger partial charge in [-0.05, 0) is 18.9 Å². The van der Waals surface area contributed by atoms with Crippen molar-refractivity contribution < 1.29 is 22.6 Å². The second-order valence-electron chi connectivity index (χ2n) is 7.41. The fraction of sp³-hybridized carbons (Fsp3) is 0.700. The molecule has 1 unspecified atom stereocenters. The van der Waals surface area contributed by atoms with Gasteiger partial charge in [0.25, 0.3) is 0 Å². The number of aliphatic imine (C=N–C) groups is 1. The average molecular weight is 432 g/mol. The molecular formula is C20H32F3N5O2. The minimum absolute atomic E-state index is 0.0530. The topological polar surface area (TPSA) is 71.0 Å². The van der Waals surface area contributed by atoms with Crippen LogP contribution in [-0.4, -0.2) is 74.1 Å². The summed E-state index contributed by atoms with van der Waals surface area (Å²) in [6.07, 6.45) is -3.02.